The zero-order chi connectivity index (χ0) is 7.54. The van der Waals surface area contributed by atoms with Gasteiger partial charge in [0.2, 0.25) is 0 Å². The van der Waals surface area contributed by atoms with E-state index in [-0.39, 0.29) is 0 Å². The standard InChI is InChI=1S/C4H10B.C2H8N2/c1-3-5-4-2;3-1-2-4/h3-4H2,1-2H3;1-4H2. The molecule has 0 aromatic heterocycles. The minimum atomic E-state index is 0.597. The minimum absolute atomic E-state index is 0.597. The molecule has 2 nitrogen and oxygen atoms in total. The molecule has 3 heteroatoms. The Bertz CT molecular complexity index is 30.2. The summed E-state index contributed by atoms with van der Waals surface area (Å²) in [6.07, 6.45) is 2.44. The van der Waals surface area contributed by atoms with Crippen LogP contribution in [0.4, 0.5) is 0 Å². The second-order valence-electron chi connectivity index (χ2n) is 1.68. The van der Waals surface area contributed by atoms with Crippen molar-refractivity contribution < 1.29 is 0 Å². The van der Waals surface area contributed by atoms with E-state index >= 15 is 0 Å². The summed E-state index contributed by atoms with van der Waals surface area (Å²) in [4.78, 5) is 0. The van der Waals surface area contributed by atoms with Crippen LogP contribution in [0.2, 0.25) is 12.6 Å². The van der Waals surface area contributed by atoms with Gasteiger partial charge in [0.05, 0.1) is 0 Å². The molecule has 0 rings (SSSR count). The third-order valence-corrected chi connectivity index (χ3v) is 0.744. The Kier molecular flexibility index (Phi) is 20.5. The summed E-state index contributed by atoms with van der Waals surface area (Å²) in [7, 11) is 2.25. The zero-order valence-corrected chi connectivity index (χ0v) is 6.56. The van der Waals surface area contributed by atoms with Gasteiger partial charge >= 0.3 is 0 Å². The quantitative estimate of drug-likeness (QED) is 0.544. The highest BCUT2D eigenvalue weighted by Gasteiger charge is 1.72. The number of hydrogen-bond donors (Lipinski definition) is 2. The van der Waals surface area contributed by atoms with Crippen molar-refractivity contribution in [1.29, 1.82) is 0 Å². The molecule has 1 radical (unpaired) electrons. The van der Waals surface area contributed by atoms with Crippen molar-refractivity contribution >= 4 is 7.28 Å². The lowest BCUT2D eigenvalue weighted by Gasteiger charge is -1.75. The van der Waals surface area contributed by atoms with Gasteiger partial charge in [0.25, 0.3) is 0 Å². The first-order valence-corrected chi connectivity index (χ1v) is 3.55. The van der Waals surface area contributed by atoms with Crippen molar-refractivity contribution in [3.8, 4) is 0 Å². The smallest absolute Gasteiger partial charge is 0.108 e. The second kappa shape index (κ2) is 15.7. The molecule has 0 bridgehead atoms. The van der Waals surface area contributed by atoms with Crippen LogP contribution in [0.25, 0.3) is 0 Å². The maximum absolute atomic E-state index is 4.90. The van der Waals surface area contributed by atoms with Gasteiger partial charge in [-0.1, -0.05) is 26.5 Å². The average molecular weight is 129 g/mol. The van der Waals surface area contributed by atoms with Crippen LogP contribution in [0.15, 0.2) is 0 Å². The first-order valence-electron chi connectivity index (χ1n) is 3.55. The maximum atomic E-state index is 4.90. The lowest BCUT2D eigenvalue weighted by atomic mass is 9.73. The third-order valence-electron chi connectivity index (χ3n) is 0.744. The molecule has 0 aromatic rings. The molecule has 0 fully saturated rings. The van der Waals surface area contributed by atoms with Gasteiger partial charge in [0.1, 0.15) is 7.28 Å². The fraction of sp³-hybridized carbons (Fsp3) is 1.00. The molecule has 4 N–H and O–H groups in total. The van der Waals surface area contributed by atoms with Gasteiger partial charge < -0.3 is 11.5 Å². The summed E-state index contributed by atoms with van der Waals surface area (Å²) in [5.74, 6) is 0. The first kappa shape index (κ1) is 11.7. The molecule has 0 aliphatic carbocycles. The summed E-state index contributed by atoms with van der Waals surface area (Å²) < 4.78 is 0. The molecule has 0 saturated carbocycles. The van der Waals surface area contributed by atoms with E-state index in [9.17, 15) is 0 Å². The van der Waals surface area contributed by atoms with E-state index in [4.69, 9.17) is 11.5 Å². The van der Waals surface area contributed by atoms with Gasteiger partial charge in [0.15, 0.2) is 0 Å². The predicted octanol–water partition coefficient (Wildman–Crippen LogP) is 0.471. The predicted molar refractivity (Wildman–Crippen MR) is 44.8 cm³/mol. The van der Waals surface area contributed by atoms with Crippen LogP contribution in [0.5, 0.6) is 0 Å². The van der Waals surface area contributed by atoms with Gasteiger partial charge in [-0.05, 0) is 0 Å². The van der Waals surface area contributed by atoms with Crippen molar-refractivity contribution in [2.24, 2.45) is 11.5 Å². The van der Waals surface area contributed by atoms with E-state index in [2.05, 4.69) is 21.1 Å². The van der Waals surface area contributed by atoms with E-state index in [0.29, 0.717) is 13.1 Å². The Labute approximate surface area is 59.2 Å². The SMILES string of the molecule is CC[B]CC.NCCN. The molecule has 0 unspecified atom stereocenters. The molecule has 0 aromatic carbocycles. The van der Waals surface area contributed by atoms with Crippen molar-refractivity contribution in [2.75, 3.05) is 13.1 Å². The van der Waals surface area contributed by atoms with E-state index in [0.717, 1.165) is 0 Å². The van der Waals surface area contributed by atoms with E-state index in [1.165, 1.54) is 12.6 Å². The highest BCUT2D eigenvalue weighted by atomic mass is 14.6. The topological polar surface area (TPSA) is 52.0 Å². The molecule has 0 spiro atoms. The van der Waals surface area contributed by atoms with Crippen LogP contribution in [0, 0.1) is 0 Å². The molecular weight excluding hydrogens is 111 g/mol. The van der Waals surface area contributed by atoms with Crippen LogP contribution < -0.4 is 11.5 Å². The Morgan fingerprint density at radius 1 is 1.00 bits per heavy atom. The number of rotatable bonds is 3. The largest absolute Gasteiger partial charge is 0.329 e. The van der Waals surface area contributed by atoms with Crippen LogP contribution in [-0.4, -0.2) is 20.4 Å². The molecule has 0 amide bonds. The van der Waals surface area contributed by atoms with Crippen molar-refractivity contribution in [3.05, 3.63) is 0 Å². The average Bonchev–Trinajstić information content (AvgIpc) is 1.91. The van der Waals surface area contributed by atoms with Gasteiger partial charge in [-0.3, -0.25) is 0 Å². The Morgan fingerprint density at radius 3 is 1.33 bits per heavy atom. The molecule has 55 valence electrons. The van der Waals surface area contributed by atoms with Gasteiger partial charge in [-0.15, -0.1) is 0 Å². The number of hydrogen-bond acceptors (Lipinski definition) is 2. The van der Waals surface area contributed by atoms with Crippen molar-refractivity contribution in [3.63, 3.8) is 0 Å². The monoisotopic (exact) mass is 129 g/mol. The van der Waals surface area contributed by atoms with E-state index in [1.807, 2.05) is 0 Å². The molecule has 0 heterocycles. The molecule has 0 saturated heterocycles. The minimum Gasteiger partial charge on any atom is -0.329 e. The lowest BCUT2D eigenvalue weighted by molar-refractivity contribution is 0.976. The third kappa shape index (κ3) is 32.1. The summed E-state index contributed by atoms with van der Waals surface area (Å²) >= 11 is 0. The van der Waals surface area contributed by atoms with Crippen LogP contribution >= 0.6 is 0 Å². The normalized spacial score (nSPS) is 7.56. The van der Waals surface area contributed by atoms with Gasteiger partial charge in [0, 0.05) is 13.1 Å². The highest BCUT2D eigenvalue weighted by molar-refractivity contribution is 6.34. The van der Waals surface area contributed by atoms with Gasteiger partial charge in [-0.2, -0.15) is 0 Å². The number of nitrogens with two attached hydrogens (primary N) is 2. The van der Waals surface area contributed by atoms with E-state index < -0.39 is 0 Å². The van der Waals surface area contributed by atoms with Crippen LogP contribution in [0.1, 0.15) is 13.8 Å². The van der Waals surface area contributed by atoms with Crippen LogP contribution in [0.3, 0.4) is 0 Å². The fourth-order valence-electron chi connectivity index (χ4n) is 0.289. The Morgan fingerprint density at radius 2 is 1.33 bits per heavy atom. The molecular formula is C6H18BN2. The summed E-state index contributed by atoms with van der Waals surface area (Å²) in [5, 5.41) is 0. The molecule has 0 aliphatic rings. The Balaban J connectivity index is 0. The first-order chi connectivity index (χ1) is 4.33. The summed E-state index contributed by atoms with van der Waals surface area (Å²) in [5.41, 5.74) is 9.81. The Hall–Kier alpha value is -0.0151. The van der Waals surface area contributed by atoms with Crippen molar-refractivity contribution in [2.45, 2.75) is 26.5 Å². The maximum Gasteiger partial charge on any atom is 0.108 e. The fourth-order valence-corrected chi connectivity index (χ4v) is 0.289. The summed E-state index contributed by atoms with van der Waals surface area (Å²) in [6.45, 7) is 5.51. The van der Waals surface area contributed by atoms with E-state index in [1.54, 1.807) is 0 Å². The molecule has 0 atom stereocenters. The van der Waals surface area contributed by atoms with Gasteiger partial charge in [-0.25, -0.2) is 0 Å². The summed E-state index contributed by atoms with van der Waals surface area (Å²) in [6, 6.07) is 0. The molecule has 9 heavy (non-hydrogen) atoms. The van der Waals surface area contributed by atoms with Crippen LogP contribution in [-0.2, 0) is 0 Å². The second-order valence-corrected chi connectivity index (χ2v) is 1.68. The molecule has 0 aliphatic heterocycles. The highest BCUT2D eigenvalue weighted by Crippen LogP contribution is 1.77. The zero-order valence-electron chi connectivity index (χ0n) is 6.56. The lowest BCUT2D eigenvalue weighted by Crippen LogP contribution is -2.11. The van der Waals surface area contributed by atoms with Crippen molar-refractivity contribution in [1.82, 2.24) is 0 Å².